The minimum atomic E-state index is -0.167. The Morgan fingerprint density at radius 3 is 3.00 bits per heavy atom. The summed E-state index contributed by atoms with van der Waals surface area (Å²) in [5.74, 6) is 0.387. The van der Waals surface area contributed by atoms with E-state index in [-0.39, 0.29) is 11.9 Å². The van der Waals surface area contributed by atoms with Crippen LogP contribution in [-0.2, 0) is 9.53 Å². The molecule has 2 rings (SSSR count). The van der Waals surface area contributed by atoms with Crippen molar-refractivity contribution in [3.63, 3.8) is 0 Å². The number of hydrogen-bond acceptors (Lipinski definition) is 3. The summed E-state index contributed by atoms with van der Waals surface area (Å²) >= 11 is 0. The molecule has 1 aromatic heterocycles. The molecule has 58 valence electrons. The van der Waals surface area contributed by atoms with Crippen LogP contribution >= 0.6 is 0 Å². The van der Waals surface area contributed by atoms with Gasteiger partial charge in [-0.1, -0.05) is 0 Å². The predicted molar refractivity (Wildman–Crippen MR) is 37.0 cm³/mol. The van der Waals surface area contributed by atoms with Crippen molar-refractivity contribution in [1.29, 1.82) is 0 Å². The lowest BCUT2D eigenvalue weighted by Crippen LogP contribution is -2.03. The number of hydrogen-bond donors (Lipinski definition) is 0. The van der Waals surface area contributed by atoms with Crippen molar-refractivity contribution in [2.24, 2.45) is 0 Å². The Morgan fingerprint density at radius 2 is 2.45 bits per heavy atom. The highest BCUT2D eigenvalue weighted by atomic mass is 16.5. The van der Waals surface area contributed by atoms with Gasteiger partial charge in [-0.2, -0.15) is 0 Å². The summed E-state index contributed by atoms with van der Waals surface area (Å²) in [6.07, 6.45) is 2.31. The van der Waals surface area contributed by atoms with Gasteiger partial charge in [-0.05, 0) is 12.1 Å². The molecule has 0 radical (unpaired) electrons. The number of cyclic esters (lactones) is 1. The van der Waals surface area contributed by atoms with E-state index in [1.165, 1.54) is 0 Å². The van der Waals surface area contributed by atoms with E-state index < -0.39 is 0 Å². The second-order valence-electron chi connectivity index (χ2n) is 2.52. The average molecular weight is 152 g/mol. The molecule has 1 aromatic rings. The molecule has 1 atom stereocenters. The molecule has 1 fully saturated rings. The standard InChI is InChI=1S/C8H8O3/c9-8-6(3-5-11-8)7-2-1-4-10-7/h1-2,4,6H,3,5H2. The molecule has 1 unspecified atom stereocenters. The third-order valence-electron chi connectivity index (χ3n) is 1.82. The highest BCUT2D eigenvalue weighted by Gasteiger charge is 2.29. The van der Waals surface area contributed by atoms with Gasteiger partial charge >= 0.3 is 5.97 Å². The van der Waals surface area contributed by atoms with E-state index >= 15 is 0 Å². The molecule has 1 aliphatic rings. The lowest BCUT2D eigenvalue weighted by Gasteiger charge is -1.98. The quantitative estimate of drug-likeness (QED) is 0.569. The summed E-state index contributed by atoms with van der Waals surface area (Å²) in [5, 5.41) is 0. The van der Waals surface area contributed by atoms with Crippen molar-refractivity contribution < 1.29 is 13.9 Å². The van der Waals surface area contributed by atoms with Gasteiger partial charge in [-0.15, -0.1) is 0 Å². The van der Waals surface area contributed by atoms with Gasteiger partial charge in [0.25, 0.3) is 0 Å². The number of furan rings is 1. The zero-order valence-corrected chi connectivity index (χ0v) is 5.95. The normalized spacial score (nSPS) is 23.6. The van der Waals surface area contributed by atoms with Gasteiger partial charge in [0.15, 0.2) is 0 Å². The fourth-order valence-corrected chi connectivity index (χ4v) is 1.24. The zero-order chi connectivity index (χ0) is 7.68. The van der Waals surface area contributed by atoms with Crippen molar-refractivity contribution in [2.45, 2.75) is 12.3 Å². The largest absolute Gasteiger partial charge is 0.468 e. The molecule has 0 bridgehead atoms. The van der Waals surface area contributed by atoms with Crippen LogP contribution in [0.4, 0.5) is 0 Å². The maximum absolute atomic E-state index is 11.0. The van der Waals surface area contributed by atoms with Crippen molar-refractivity contribution in [3.05, 3.63) is 24.2 Å². The molecular weight excluding hydrogens is 144 g/mol. The fraction of sp³-hybridized carbons (Fsp3) is 0.375. The highest BCUT2D eigenvalue weighted by Crippen LogP contribution is 2.26. The van der Waals surface area contributed by atoms with Crippen molar-refractivity contribution in [2.75, 3.05) is 6.61 Å². The molecule has 2 heterocycles. The highest BCUT2D eigenvalue weighted by molar-refractivity contribution is 5.78. The maximum atomic E-state index is 11.0. The second kappa shape index (κ2) is 2.42. The molecule has 0 aromatic carbocycles. The molecular formula is C8H8O3. The zero-order valence-electron chi connectivity index (χ0n) is 5.95. The summed E-state index contributed by atoms with van der Waals surface area (Å²) in [5.41, 5.74) is 0. The number of esters is 1. The Bertz CT molecular complexity index is 250. The molecule has 0 N–H and O–H groups in total. The van der Waals surface area contributed by atoms with Crippen LogP contribution in [0.5, 0.6) is 0 Å². The Morgan fingerprint density at radius 1 is 1.55 bits per heavy atom. The van der Waals surface area contributed by atoms with Gasteiger partial charge < -0.3 is 9.15 Å². The van der Waals surface area contributed by atoms with Crippen molar-refractivity contribution in [1.82, 2.24) is 0 Å². The molecule has 0 amide bonds. The number of carbonyl (C=O) groups is 1. The molecule has 0 spiro atoms. The summed E-state index contributed by atoms with van der Waals surface area (Å²) in [6, 6.07) is 3.58. The van der Waals surface area contributed by atoms with Crippen molar-refractivity contribution >= 4 is 5.97 Å². The topological polar surface area (TPSA) is 39.4 Å². The Kier molecular flexibility index (Phi) is 1.42. The average Bonchev–Trinajstić information content (AvgIpc) is 2.55. The van der Waals surface area contributed by atoms with Crippen LogP contribution in [0.2, 0.25) is 0 Å². The third kappa shape index (κ3) is 1.02. The minimum absolute atomic E-state index is 0.162. The van der Waals surface area contributed by atoms with E-state index in [4.69, 9.17) is 9.15 Å². The van der Waals surface area contributed by atoms with Gasteiger partial charge in [-0.3, -0.25) is 4.79 Å². The molecule has 1 saturated heterocycles. The van der Waals surface area contributed by atoms with Crippen LogP contribution in [0.25, 0.3) is 0 Å². The lowest BCUT2D eigenvalue weighted by atomic mass is 10.1. The second-order valence-corrected chi connectivity index (χ2v) is 2.52. The fourth-order valence-electron chi connectivity index (χ4n) is 1.24. The molecule has 0 saturated carbocycles. The first-order valence-electron chi connectivity index (χ1n) is 3.58. The van der Waals surface area contributed by atoms with Crippen molar-refractivity contribution in [3.8, 4) is 0 Å². The molecule has 3 nitrogen and oxygen atoms in total. The Hall–Kier alpha value is -1.25. The van der Waals surface area contributed by atoms with Crippen LogP contribution in [0, 0.1) is 0 Å². The van der Waals surface area contributed by atoms with Crippen LogP contribution in [-0.4, -0.2) is 12.6 Å². The van der Waals surface area contributed by atoms with Crippen LogP contribution in [0.15, 0.2) is 22.8 Å². The summed E-state index contributed by atoms with van der Waals surface area (Å²) in [7, 11) is 0. The monoisotopic (exact) mass is 152 g/mol. The van der Waals surface area contributed by atoms with Crippen LogP contribution in [0.1, 0.15) is 18.1 Å². The van der Waals surface area contributed by atoms with Crippen LogP contribution in [0.3, 0.4) is 0 Å². The smallest absolute Gasteiger partial charge is 0.316 e. The Balaban J connectivity index is 2.23. The van der Waals surface area contributed by atoms with E-state index in [2.05, 4.69) is 0 Å². The predicted octanol–water partition coefficient (Wildman–Crippen LogP) is 1.31. The summed E-state index contributed by atoms with van der Waals surface area (Å²) in [6.45, 7) is 0.518. The maximum Gasteiger partial charge on any atom is 0.316 e. The van der Waals surface area contributed by atoms with E-state index in [1.807, 2.05) is 0 Å². The van der Waals surface area contributed by atoms with Gasteiger partial charge in [-0.25, -0.2) is 0 Å². The lowest BCUT2D eigenvalue weighted by molar-refractivity contribution is -0.139. The number of ether oxygens (including phenoxy) is 1. The Labute approximate surface area is 64.0 Å². The van der Waals surface area contributed by atoms with E-state index in [0.717, 1.165) is 6.42 Å². The first-order chi connectivity index (χ1) is 5.38. The summed E-state index contributed by atoms with van der Waals surface area (Å²) in [4.78, 5) is 11.0. The van der Waals surface area contributed by atoms with E-state index in [0.29, 0.717) is 12.4 Å². The van der Waals surface area contributed by atoms with Crippen LogP contribution < -0.4 is 0 Å². The molecule has 0 aliphatic carbocycles. The number of carbonyl (C=O) groups excluding carboxylic acids is 1. The van der Waals surface area contributed by atoms with Gasteiger partial charge in [0.2, 0.25) is 0 Å². The van der Waals surface area contributed by atoms with E-state index in [1.54, 1.807) is 18.4 Å². The third-order valence-corrected chi connectivity index (χ3v) is 1.82. The first kappa shape index (κ1) is 6.46. The van der Waals surface area contributed by atoms with Gasteiger partial charge in [0.05, 0.1) is 12.9 Å². The molecule has 1 aliphatic heterocycles. The van der Waals surface area contributed by atoms with Gasteiger partial charge in [0, 0.05) is 6.42 Å². The van der Waals surface area contributed by atoms with Gasteiger partial charge in [0.1, 0.15) is 11.7 Å². The number of rotatable bonds is 1. The molecule has 3 heteroatoms. The minimum Gasteiger partial charge on any atom is -0.468 e. The SMILES string of the molecule is O=C1OCCC1c1ccco1. The van der Waals surface area contributed by atoms with E-state index in [9.17, 15) is 4.79 Å². The summed E-state index contributed by atoms with van der Waals surface area (Å²) < 4.78 is 9.88. The molecule has 11 heavy (non-hydrogen) atoms. The first-order valence-corrected chi connectivity index (χ1v) is 3.58.